The van der Waals surface area contributed by atoms with E-state index in [-0.39, 0.29) is 23.7 Å². The molecule has 0 spiro atoms. The summed E-state index contributed by atoms with van der Waals surface area (Å²) in [7, 11) is -3.70. The van der Waals surface area contributed by atoms with Crippen LogP contribution in [-0.4, -0.2) is 35.8 Å². The van der Waals surface area contributed by atoms with Crippen molar-refractivity contribution in [3.05, 3.63) is 23.0 Å². The Balaban J connectivity index is 3.09. The van der Waals surface area contributed by atoms with Crippen LogP contribution >= 0.6 is 0 Å². The largest absolute Gasteiger partial charge is 0.480 e. The zero-order valence-electron chi connectivity index (χ0n) is 12.0. The SMILES string of the molecule is CC(C)=CCNS(=O)(=O)c1c(C)nn(CC(=O)O)c1C. The number of rotatable bonds is 6. The second kappa shape index (κ2) is 6.19. The lowest BCUT2D eigenvalue weighted by Gasteiger charge is -2.06. The summed E-state index contributed by atoms with van der Waals surface area (Å²) in [5.74, 6) is -1.07. The van der Waals surface area contributed by atoms with Gasteiger partial charge < -0.3 is 5.11 Å². The first-order valence-corrected chi connectivity index (χ1v) is 7.52. The van der Waals surface area contributed by atoms with Crippen LogP contribution in [0.1, 0.15) is 25.2 Å². The zero-order valence-corrected chi connectivity index (χ0v) is 12.8. The third kappa shape index (κ3) is 3.91. The number of carbonyl (C=O) groups is 1. The van der Waals surface area contributed by atoms with Crippen LogP contribution in [0, 0.1) is 13.8 Å². The maximum absolute atomic E-state index is 12.2. The number of hydrogen-bond donors (Lipinski definition) is 2. The fourth-order valence-corrected chi connectivity index (χ4v) is 3.15. The number of aliphatic carboxylic acids is 1. The molecular formula is C12H19N3O4S. The van der Waals surface area contributed by atoms with Gasteiger partial charge in [-0.15, -0.1) is 0 Å². The van der Waals surface area contributed by atoms with Gasteiger partial charge in [0.15, 0.2) is 0 Å². The average Bonchev–Trinajstić information content (AvgIpc) is 2.52. The molecule has 0 aliphatic heterocycles. The molecule has 8 heteroatoms. The molecule has 1 rings (SSSR count). The van der Waals surface area contributed by atoms with Gasteiger partial charge in [0.05, 0.1) is 11.4 Å². The van der Waals surface area contributed by atoms with Gasteiger partial charge in [0.25, 0.3) is 0 Å². The van der Waals surface area contributed by atoms with Crippen molar-refractivity contribution in [1.82, 2.24) is 14.5 Å². The molecule has 0 atom stereocenters. The molecule has 0 amide bonds. The summed E-state index contributed by atoms with van der Waals surface area (Å²) in [6.45, 7) is 6.65. The standard InChI is InChI=1S/C12H19N3O4S/c1-8(2)5-6-13-20(18,19)12-9(3)14-15(10(12)4)7-11(16)17/h5,13H,6-7H2,1-4H3,(H,16,17). The lowest BCUT2D eigenvalue weighted by atomic mass is 10.3. The van der Waals surface area contributed by atoms with E-state index in [4.69, 9.17) is 5.11 Å². The van der Waals surface area contributed by atoms with Gasteiger partial charge in [-0.05, 0) is 27.7 Å². The van der Waals surface area contributed by atoms with Crippen molar-refractivity contribution in [2.75, 3.05) is 6.54 Å². The number of nitrogens with one attached hydrogen (secondary N) is 1. The molecule has 0 aliphatic rings. The second-order valence-electron chi connectivity index (χ2n) is 4.68. The minimum Gasteiger partial charge on any atom is -0.480 e. The van der Waals surface area contributed by atoms with Crippen molar-refractivity contribution in [3.63, 3.8) is 0 Å². The van der Waals surface area contributed by atoms with Crippen LogP contribution in [0.5, 0.6) is 0 Å². The van der Waals surface area contributed by atoms with Crippen molar-refractivity contribution in [2.45, 2.75) is 39.1 Å². The summed E-state index contributed by atoms with van der Waals surface area (Å²) in [6, 6.07) is 0. The lowest BCUT2D eigenvalue weighted by Crippen LogP contribution is -2.25. The van der Waals surface area contributed by atoms with Crippen molar-refractivity contribution in [1.29, 1.82) is 0 Å². The molecule has 0 unspecified atom stereocenters. The lowest BCUT2D eigenvalue weighted by molar-refractivity contribution is -0.137. The Morgan fingerprint density at radius 2 is 2.00 bits per heavy atom. The van der Waals surface area contributed by atoms with Crippen LogP contribution in [0.4, 0.5) is 0 Å². The number of carboxylic acid groups (broad SMARTS) is 1. The molecule has 0 fully saturated rings. The number of aryl methyl sites for hydroxylation is 1. The monoisotopic (exact) mass is 301 g/mol. The Morgan fingerprint density at radius 1 is 1.40 bits per heavy atom. The van der Waals surface area contributed by atoms with Crippen molar-refractivity contribution in [3.8, 4) is 0 Å². The highest BCUT2D eigenvalue weighted by atomic mass is 32.2. The Hall–Kier alpha value is -1.67. The topological polar surface area (TPSA) is 101 Å². The summed E-state index contributed by atoms with van der Waals surface area (Å²) < 4.78 is 28.1. The number of hydrogen-bond acceptors (Lipinski definition) is 4. The summed E-state index contributed by atoms with van der Waals surface area (Å²) in [4.78, 5) is 10.7. The maximum Gasteiger partial charge on any atom is 0.325 e. The molecule has 0 bridgehead atoms. The highest BCUT2D eigenvalue weighted by Gasteiger charge is 2.24. The predicted octanol–water partition coefficient (Wildman–Crippen LogP) is 0.829. The van der Waals surface area contributed by atoms with E-state index < -0.39 is 16.0 Å². The van der Waals surface area contributed by atoms with Crippen LogP contribution < -0.4 is 4.72 Å². The van der Waals surface area contributed by atoms with E-state index in [9.17, 15) is 13.2 Å². The molecule has 112 valence electrons. The van der Waals surface area contributed by atoms with Crippen LogP contribution in [0.15, 0.2) is 16.5 Å². The first-order chi connectivity index (χ1) is 9.15. The van der Waals surface area contributed by atoms with E-state index in [0.717, 1.165) is 5.57 Å². The van der Waals surface area contributed by atoms with Crippen LogP contribution in [0.2, 0.25) is 0 Å². The quantitative estimate of drug-likeness (QED) is 0.758. The van der Waals surface area contributed by atoms with Crippen molar-refractivity contribution in [2.24, 2.45) is 0 Å². The Bertz CT molecular complexity index is 640. The Morgan fingerprint density at radius 3 is 2.50 bits per heavy atom. The molecule has 20 heavy (non-hydrogen) atoms. The van der Waals surface area contributed by atoms with Crippen LogP contribution in [-0.2, 0) is 21.4 Å². The predicted molar refractivity (Wildman–Crippen MR) is 74.0 cm³/mol. The molecule has 7 nitrogen and oxygen atoms in total. The molecule has 1 aromatic heterocycles. The van der Waals surface area contributed by atoms with Gasteiger partial charge in [-0.25, -0.2) is 13.1 Å². The summed E-state index contributed by atoms with van der Waals surface area (Å²) in [5, 5.41) is 12.7. The number of nitrogens with zero attached hydrogens (tertiary/aromatic N) is 2. The summed E-state index contributed by atoms with van der Waals surface area (Å²) >= 11 is 0. The molecule has 1 aromatic rings. The summed E-state index contributed by atoms with van der Waals surface area (Å²) in [6.07, 6.45) is 1.75. The fourth-order valence-electron chi connectivity index (χ4n) is 1.78. The molecule has 0 aromatic carbocycles. The van der Waals surface area contributed by atoms with Gasteiger partial charge in [-0.2, -0.15) is 5.10 Å². The molecule has 0 radical (unpaired) electrons. The van der Waals surface area contributed by atoms with E-state index in [1.165, 1.54) is 4.68 Å². The van der Waals surface area contributed by atoms with E-state index in [1.807, 2.05) is 13.8 Å². The average molecular weight is 301 g/mol. The minimum atomic E-state index is -3.70. The van der Waals surface area contributed by atoms with Gasteiger partial charge in [0.2, 0.25) is 10.0 Å². The van der Waals surface area contributed by atoms with Gasteiger partial charge >= 0.3 is 5.97 Å². The summed E-state index contributed by atoms with van der Waals surface area (Å²) in [5.41, 5.74) is 1.60. The Kier molecular flexibility index (Phi) is 5.07. The molecular weight excluding hydrogens is 282 g/mol. The van der Waals surface area contributed by atoms with Crippen LogP contribution in [0.25, 0.3) is 0 Å². The van der Waals surface area contributed by atoms with E-state index >= 15 is 0 Å². The third-order valence-electron chi connectivity index (χ3n) is 2.65. The number of allylic oxidation sites excluding steroid dienone is 1. The van der Waals surface area contributed by atoms with Crippen molar-refractivity contribution < 1.29 is 18.3 Å². The molecule has 0 saturated carbocycles. The van der Waals surface area contributed by atoms with E-state index in [2.05, 4.69) is 9.82 Å². The smallest absolute Gasteiger partial charge is 0.325 e. The zero-order chi connectivity index (χ0) is 15.5. The number of carboxylic acids is 1. The molecule has 2 N–H and O–H groups in total. The van der Waals surface area contributed by atoms with Crippen molar-refractivity contribution >= 4 is 16.0 Å². The van der Waals surface area contributed by atoms with Crippen LogP contribution in [0.3, 0.4) is 0 Å². The van der Waals surface area contributed by atoms with E-state index in [1.54, 1.807) is 19.9 Å². The van der Waals surface area contributed by atoms with Gasteiger partial charge in [-0.1, -0.05) is 11.6 Å². The fraction of sp³-hybridized carbons (Fsp3) is 0.500. The first kappa shape index (κ1) is 16.4. The Labute approximate surface area is 118 Å². The van der Waals surface area contributed by atoms with E-state index in [0.29, 0.717) is 5.69 Å². The highest BCUT2D eigenvalue weighted by Crippen LogP contribution is 2.19. The number of aromatic nitrogens is 2. The molecule has 1 heterocycles. The highest BCUT2D eigenvalue weighted by molar-refractivity contribution is 7.89. The third-order valence-corrected chi connectivity index (χ3v) is 4.33. The number of sulfonamides is 1. The maximum atomic E-state index is 12.2. The van der Waals surface area contributed by atoms with Gasteiger partial charge in [0, 0.05) is 6.54 Å². The normalized spacial score (nSPS) is 11.4. The second-order valence-corrected chi connectivity index (χ2v) is 6.39. The molecule has 0 aliphatic carbocycles. The molecule has 0 saturated heterocycles. The van der Waals surface area contributed by atoms with Gasteiger partial charge in [-0.3, -0.25) is 9.48 Å². The van der Waals surface area contributed by atoms with Gasteiger partial charge in [0.1, 0.15) is 11.4 Å². The minimum absolute atomic E-state index is 0.0425. The first-order valence-electron chi connectivity index (χ1n) is 6.04.